The lowest BCUT2D eigenvalue weighted by Gasteiger charge is -2.20. The van der Waals surface area contributed by atoms with Crippen molar-refractivity contribution in [2.45, 2.75) is 248 Å². The maximum Gasteiger partial charge on any atom is 0.519 e. The van der Waals surface area contributed by atoms with E-state index in [-0.39, 0.29) is 0 Å². The fourth-order valence-corrected chi connectivity index (χ4v) is 7.36. The van der Waals surface area contributed by atoms with E-state index in [4.69, 9.17) is 24.1 Å². The van der Waals surface area contributed by atoms with Crippen molar-refractivity contribution >= 4 is 18.5 Å². The molecule has 0 rings (SSSR count). The lowest BCUT2D eigenvalue weighted by molar-refractivity contribution is -0.0294. The lowest BCUT2D eigenvalue weighted by atomic mass is 10.0. The van der Waals surface area contributed by atoms with E-state index in [1.165, 1.54) is 0 Å². The van der Waals surface area contributed by atoms with Crippen molar-refractivity contribution in [1.82, 2.24) is 0 Å². The second-order valence-corrected chi connectivity index (χ2v) is 22.8. The molecule has 0 spiro atoms. The summed E-state index contributed by atoms with van der Waals surface area (Å²) in [5.41, 5.74) is -1.39. The third-order valence-corrected chi connectivity index (χ3v) is 12.5. The minimum absolute atomic E-state index is 0.321. The Bertz CT molecular complexity index is 1940. The van der Waals surface area contributed by atoms with Gasteiger partial charge in [-0.2, -0.15) is 0 Å². The molecular weight excluding hydrogens is 1070 g/mol. The topological polar surface area (TPSA) is 118 Å². The molecule has 0 fully saturated rings. The van der Waals surface area contributed by atoms with Crippen LogP contribution in [-0.2, 0) is 23.7 Å². The van der Waals surface area contributed by atoms with Crippen molar-refractivity contribution in [2.75, 3.05) is 19.8 Å². The van der Waals surface area contributed by atoms with E-state index in [2.05, 4.69) is 229 Å². The van der Waals surface area contributed by atoms with Crippen LogP contribution in [0.15, 0.2) is 182 Å². The number of aliphatic hydroxyl groups excluding tert-OH is 1. The molecule has 0 aromatic carbocycles. The first-order valence-corrected chi connectivity index (χ1v) is 32.8. The van der Waals surface area contributed by atoms with E-state index in [0.29, 0.717) is 37.6 Å². The number of carbonyl (C=O) groups is 3. The fourth-order valence-electron chi connectivity index (χ4n) is 7.36. The number of aliphatic hydroxyl groups is 1. The molecule has 1 N–H and O–H groups in total. The molecule has 0 bridgehead atoms. The average molecular weight is 1190 g/mol. The van der Waals surface area contributed by atoms with Crippen LogP contribution in [0.1, 0.15) is 237 Å². The third-order valence-electron chi connectivity index (χ3n) is 12.5. The smallest absolute Gasteiger partial charge is 0.434 e. The molecule has 0 aliphatic rings. The van der Waals surface area contributed by atoms with Crippen LogP contribution in [0.2, 0.25) is 0 Å². The molecule has 0 aromatic heterocycles. The minimum atomic E-state index is -1.06. The summed E-state index contributed by atoms with van der Waals surface area (Å²) in [4.78, 5) is 34.2. The summed E-state index contributed by atoms with van der Waals surface area (Å²) in [5.74, 6) is 1.19. The van der Waals surface area contributed by atoms with Crippen LogP contribution in [-0.4, -0.2) is 54.6 Å². The minimum Gasteiger partial charge on any atom is -0.434 e. The first-order chi connectivity index (χ1) is 41.5. The maximum atomic E-state index is 12.2. The number of ether oxygens (including phenoxy) is 5. The SMILES string of the molecule is CC(C)(C)OC(=O)OC(=O)OC(C)(C)C.CC/C=C\C/C=C\C/C=C\C/C=C\C/C=C\CCC(CC)CO.CC/C=C\C/C=C\C/C=C\C/C=C\C/C=C\CCC(CC)COC(=O)OCC(CC)CC/C=C\C/C=C\C/C=C\C/C=C\C/C=C\CC. The van der Waals surface area contributed by atoms with E-state index in [1.807, 2.05) is 0 Å². The van der Waals surface area contributed by atoms with Gasteiger partial charge in [0.2, 0.25) is 0 Å². The molecule has 9 nitrogen and oxygen atoms in total. The van der Waals surface area contributed by atoms with Crippen molar-refractivity contribution in [3.8, 4) is 0 Å². The molecule has 3 atom stereocenters. The molecule has 0 heterocycles. The van der Waals surface area contributed by atoms with Crippen LogP contribution in [0.5, 0.6) is 0 Å². The summed E-state index contributed by atoms with van der Waals surface area (Å²) in [5, 5.41) is 9.10. The summed E-state index contributed by atoms with van der Waals surface area (Å²) in [6.45, 7) is 24.1. The summed E-state index contributed by atoms with van der Waals surface area (Å²) in [6, 6.07) is 0. The van der Waals surface area contributed by atoms with Gasteiger partial charge in [-0.15, -0.1) is 0 Å². The summed E-state index contributed by atoms with van der Waals surface area (Å²) in [6.07, 6.45) is 88.5. The first kappa shape index (κ1) is 84.3. The van der Waals surface area contributed by atoms with Crippen molar-refractivity contribution in [2.24, 2.45) is 17.8 Å². The third kappa shape index (κ3) is 72.3. The van der Waals surface area contributed by atoms with Gasteiger partial charge in [-0.05, 0) is 194 Å². The Labute approximate surface area is 527 Å². The first-order valence-electron chi connectivity index (χ1n) is 32.8. The van der Waals surface area contributed by atoms with Gasteiger partial charge in [0.05, 0.1) is 13.2 Å². The number of hydrogen-bond donors (Lipinski definition) is 1. The van der Waals surface area contributed by atoms with Gasteiger partial charge in [0.25, 0.3) is 0 Å². The van der Waals surface area contributed by atoms with Crippen molar-refractivity contribution in [3.05, 3.63) is 182 Å². The van der Waals surface area contributed by atoms with E-state index < -0.39 is 29.7 Å². The van der Waals surface area contributed by atoms with Crippen molar-refractivity contribution in [3.63, 3.8) is 0 Å². The Kier molecular flexibility index (Phi) is 63.8. The Balaban J connectivity index is -0.00000148. The molecule has 0 aliphatic carbocycles. The van der Waals surface area contributed by atoms with Crippen LogP contribution in [0.4, 0.5) is 14.4 Å². The van der Waals surface area contributed by atoms with Gasteiger partial charge in [-0.3, -0.25) is 0 Å². The number of hydrogen-bond acceptors (Lipinski definition) is 9. The fraction of sp³-hybridized carbons (Fsp3) is 0.571. The summed E-state index contributed by atoms with van der Waals surface area (Å²) in [7, 11) is 0. The zero-order chi connectivity index (χ0) is 64.3. The zero-order valence-corrected chi connectivity index (χ0v) is 56.4. The molecule has 9 heteroatoms. The Hall–Kier alpha value is -5.93. The molecule has 486 valence electrons. The molecule has 0 saturated heterocycles. The molecule has 0 aromatic rings. The van der Waals surface area contributed by atoms with Gasteiger partial charge in [0, 0.05) is 6.61 Å². The normalized spacial score (nSPS) is 14.0. The molecule has 3 unspecified atom stereocenters. The maximum absolute atomic E-state index is 12.2. The Morgan fingerprint density at radius 3 is 0.721 bits per heavy atom. The van der Waals surface area contributed by atoms with Crippen LogP contribution >= 0.6 is 0 Å². The van der Waals surface area contributed by atoms with Crippen molar-refractivity contribution < 1.29 is 43.2 Å². The van der Waals surface area contributed by atoms with Gasteiger partial charge in [0.15, 0.2) is 0 Å². The highest BCUT2D eigenvalue weighted by Crippen LogP contribution is 2.16. The van der Waals surface area contributed by atoms with Gasteiger partial charge in [-0.25, -0.2) is 14.4 Å². The molecule has 86 heavy (non-hydrogen) atoms. The van der Waals surface area contributed by atoms with Crippen LogP contribution in [0.3, 0.4) is 0 Å². The van der Waals surface area contributed by atoms with Gasteiger partial charge in [-0.1, -0.05) is 243 Å². The van der Waals surface area contributed by atoms with Gasteiger partial charge in [0.1, 0.15) is 11.2 Å². The Morgan fingerprint density at radius 1 is 0.314 bits per heavy atom. The monoisotopic (exact) mass is 1190 g/mol. The van der Waals surface area contributed by atoms with E-state index in [1.54, 1.807) is 41.5 Å². The molecule has 0 saturated carbocycles. The number of allylic oxidation sites excluding steroid dienone is 30. The quantitative estimate of drug-likeness (QED) is 0.0275. The number of rotatable bonds is 44. The van der Waals surface area contributed by atoms with Gasteiger partial charge >= 0.3 is 18.5 Å². The number of carbonyl (C=O) groups excluding carboxylic acids is 3. The second kappa shape index (κ2) is 65.1. The van der Waals surface area contributed by atoms with Crippen LogP contribution in [0, 0.1) is 17.8 Å². The van der Waals surface area contributed by atoms with Crippen LogP contribution < -0.4 is 0 Å². The second-order valence-electron chi connectivity index (χ2n) is 22.8. The predicted octanol–water partition coefficient (Wildman–Crippen LogP) is 23.7. The highest BCUT2D eigenvalue weighted by atomic mass is 16.8. The summed E-state index contributed by atoms with van der Waals surface area (Å²) < 4.78 is 24.7. The average Bonchev–Trinajstić information content (AvgIpc) is 3.52. The lowest BCUT2D eigenvalue weighted by Crippen LogP contribution is -2.29. The molecule has 0 amide bonds. The molecular formula is C77H124O9. The molecule has 0 aliphatic heterocycles. The van der Waals surface area contributed by atoms with Crippen molar-refractivity contribution in [1.29, 1.82) is 0 Å². The molecule has 0 radical (unpaired) electrons. The largest absolute Gasteiger partial charge is 0.519 e. The van der Waals surface area contributed by atoms with E-state index in [0.717, 1.165) is 154 Å². The highest BCUT2D eigenvalue weighted by Gasteiger charge is 2.24. The van der Waals surface area contributed by atoms with E-state index in [9.17, 15) is 14.4 Å². The van der Waals surface area contributed by atoms with Crippen LogP contribution in [0.25, 0.3) is 0 Å². The van der Waals surface area contributed by atoms with Gasteiger partial charge < -0.3 is 28.8 Å². The summed E-state index contributed by atoms with van der Waals surface area (Å²) >= 11 is 0. The highest BCUT2D eigenvalue weighted by molar-refractivity contribution is 5.77. The standard InChI is InChI=1S/C45H70O3.C22H36O.C10H18O5/c1-5-9-11-13-15-17-19-21-23-25-27-29-31-33-35-37-39-43(7-3)41-47-45(46)48-42-44(8-4)40-38-36-34-32-30-28-26-24-22-20-18-16-14-12-10-6-2;1-3-5-6-7-8-9-10-11-12-13-14-15-16-17-18-19-20-22(4-2)21-23;1-9(2,3)14-7(11)13-8(12)15-10(4,5)6/h9-12,15-18,21-24,27-30,33-36,43-44H,5-8,13-14,19-20,25-26,31-32,37-42H2,1-4H3;5-6,8-9,11-12,14-15,17-18,22-23H,3-4,7,10,13,16,19-21H2,1-2H3;1-6H3/b11-9-,12-10-,17-15-,18-16-,23-21-,24-22-,29-27-,30-28-,35-33-,36-34-;6-5-,9-8-,12-11-,15-14-,18-17-;. The Morgan fingerprint density at radius 2 is 0.523 bits per heavy atom. The zero-order valence-electron chi connectivity index (χ0n) is 56.4. The predicted molar refractivity (Wildman–Crippen MR) is 370 cm³/mol. The van der Waals surface area contributed by atoms with E-state index >= 15 is 0 Å².